The van der Waals surface area contributed by atoms with Crippen molar-refractivity contribution in [3.63, 3.8) is 0 Å². The van der Waals surface area contributed by atoms with E-state index in [1.165, 1.54) is 0 Å². The van der Waals surface area contributed by atoms with Crippen LogP contribution in [0.1, 0.15) is 53.9 Å². The Morgan fingerprint density at radius 2 is 1.84 bits per heavy atom. The van der Waals surface area contributed by atoms with E-state index in [2.05, 4.69) is 24.1 Å². The second-order valence-corrected chi connectivity index (χ2v) is 5.46. The summed E-state index contributed by atoms with van der Waals surface area (Å²) < 4.78 is 13.4. The number of halogens is 1. The van der Waals surface area contributed by atoms with Crippen molar-refractivity contribution in [2.24, 2.45) is 5.92 Å². The average Bonchev–Trinajstić information content (AvgIpc) is 2.40. The molecule has 114 valence electrons. The Bertz CT molecular complexity index is 246. The van der Waals surface area contributed by atoms with Crippen LogP contribution in [0.25, 0.3) is 0 Å². The Hall–Kier alpha value is -0.640. The van der Waals surface area contributed by atoms with Gasteiger partial charge in [0, 0.05) is 25.0 Å². The predicted molar refractivity (Wildman–Crippen MR) is 79.0 cm³/mol. The number of nitrogens with one attached hydrogen (secondary N) is 1. The van der Waals surface area contributed by atoms with E-state index in [4.69, 9.17) is 0 Å². The minimum Gasteiger partial charge on any atom is -0.353 e. The lowest BCUT2D eigenvalue weighted by molar-refractivity contribution is -0.124. The molecule has 0 aliphatic heterocycles. The van der Waals surface area contributed by atoms with E-state index < -0.39 is 6.17 Å². The summed E-state index contributed by atoms with van der Waals surface area (Å²) in [4.78, 5) is 13.8. The zero-order valence-electron chi connectivity index (χ0n) is 13.2. The van der Waals surface area contributed by atoms with Crippen LogP contribution in [0.5, 0.6) is 0 Å². The average molecular weight is 274 g/mol. The first kappa shape index (κ1) is 18.4. The normalized spacial score (nSPS) is 14.7. The van der Waals surface area contributed by atoms with Gasteiger partial charge in [-0.3, -0.25) is 4.79 Å². The highest BCUT2D eigenvalue weighted by molar-refractivity contribution is 5.78. The van der Waals surface area contributed by atoms with Gasteiger partial charge in [0.25, 0.3) is 0 Å². The third-order valence-electron chi connectivity index (χ3n) is 3.50. The van der Waals surface area contributed by atoms with Crippen molar-refractivity contribution >= 4 is 5.91 Å². The molecule has 0 aliphatic rings. The first-order valence-corrected chi connectivity index (χ1v) is 7.61. The molecule has 0 radical (unpaired) electrons. The van der Waals surface area contributed by atoms with Gasteiger partial charge in [0.1, 0.15) is 6.17 Å². The summed E-state index contributed by atoms with van der Waals surface area (Å²) in [7, 11) is 0. The van der Waals surface area contributed by atoms with E-state index in [0.717, 1.165) is 25.9 Å². The van der Waals surface area contributed by atoms with E-state index in [9.17, 15) is 9.18 Å². The quantitative estimate of drug-likeness (QED) is 0.664. The smallest absolute Gasteiger partial charge is 0.222 e. The number of carbonyl (C=O) groups excluding carboxylic acids is 1. The first-order chi connectivity index (χ1) is 8.94. The maximum Gasteiger partial charge on any atom is 0.222 e. The third-order valence-corrected chi connectivity index (χ3v) is 3.50. The number of rotatable bonds is 10. The van der Waals surface area contributed by atoms with Crippen molar-refractivity contribution in [3.8, 4) is 0 Å². The van der Waals surface area contributed by atoms with Crippen LogP contribution in [0, 0.1) is 5.92 Å². The van der Waals surface area contributed by atoms with Crippen molar-refractivity contribution in [1.82, 2.24) is 10.2 Å². The van der Waals surface area contributed by atoms with Crippen LogP contribution in [0.15, 0.2) is 0 Å². The van der Waals surface area contributed by atoms with E-state index >= 15 is 0 Å². The Kier molecular flexibility index (Phi) is 9.84. The zero-order chi connectivity index (χ0) is 14.8. The summed E-state index contributed by atoms with van der Waals surface area (Å²) in [5.74, 6) is 0.124. The Balaban J connectivity index is 4.13. The topological polar surface area (TPSA) is 32.3 Å². The Labute approximate surface area is 117 Å². The summed E-state index contributed by atoms with van der Waals surface area (Å²) in [5, 5.41) is 3.05. The van der Waals surface area contributed by atoms with Crippen molar-refractivity contribution in [3.05, 3.63) is 0 Å². The van der Waals surface area contributed by atoms with E-state index in [1.807, 2.05) is 20.8 Å². The fraction of sp³-hybridized carbons (Fsp3) is 0.933. The SMILES string of the molecule is CCC(CCN(CC)C[C@H](F)CC)NC(=O)C(C)C. The van der Waals surface area contributed by atoms with Crippen LogP contribution in [0.2, 0.25) is 0 Å². The van der Waals surface area contributed by atoms with Gasteiger partial charge in [-0.25, -0.2) is 4.39 Å². The van der Waals surface area contributed by atoms with Gasteiger partial charge >= 0.3 is 0 Å². The molecule has 0 aliphatic carbocycles. The highest BCUT2D eigenvalue weighted by Crippen LogP contribution is 2.06. The maximum atomic E-state index is 13.4. The van der Waals surface area contributed by atoms with Gasteiger partial charge in [-0.05, 0) is 25.8 Å². The summed E-state index contributed by atoms with van der Waals surface area (Å²) in [5.41, 5.74) is 0. The number of hydrogen-bond acceptors (Lipinski definition) is 2. The van der Waals surface area contributed by atoms with E-state index in [1.54, 1.807) is 0 Å². The largest absolute Gasteiger partial charge is 0.353 e. The molecule has 0 spiro atoms. The molecule has 0 saturated carbocycles. The van der Waals surface area contributed by atoms with Gasteiger partial charge in [-0.15, -0.1) is 0 Å². The molecule has 1 amide bonds. The van der Waals surface area contributed by atoms with Gasteiger partial charge in [-0.2, -0.15) is 0 Å². The lowest BCUT2D eigenvalue weighted by Crippen LogP contribution is -2.40. The Morgan fingerprint density at radius 3 is 2.26 bits per heavy atom. The molecular weight excluding hydrogens is 243 g/mol. The molecule has 0 rings (SSSR count). The molecule has 2 atom stereocenters. The van der Waals surface area contributed by atoms with Crippen LogP contribution >= 0.6 is 0 Å². The van der Waals surface area contributed by atoms with Crippen LogP contribution < -0.4 is 5.32 Å². The Morgan fingerprint density at radius 1 is 1.21 bits per heavy atom. The van der Waals surface area contributed by atoms with Crippen molar-refractivity contribution in [2.75, 3.05) is 19.6 Å². The van der Waals surface area contributed by atoms with E-state index in [0.29, 0.717) is 13.0 Å². The number of amides is 1. The third kappa shape index (κ3) is 8.19. The molecule has 0 aromatic heterocycles. The fourth-order valence-electron chi connectivity index (χ4n) is 1.87. The summed E-state index contributed by atoms with van der Waals surface area (Å²) in [6.07, 6.45) is 1.63. The molecule has 0 heterocycles. The minimum atomic E-state index is -0.745. The molecule has 1 N–H and O–H groups in total. The number of carbonyl (C=O) groups is 1. The van der Waals surface area contributed by atoms with Crippen molar-refractivity contribution in [2.45, 2.75) is 66.1 Å². The molecule has 1 unspecified atom stereocenters. The van der Waals surface area contributed by atoms with Crippen molar-refractivity contribution < 1.29 is 9.18 Å². The van der Waals surface area contributed by atoms with Gasteiger partial charge < -0.3 is 10.2 Å². The lowest BCUT2D eigenvalue weighted by atomic mass is 10.1. The monoisotopic (exact) mass is 274 g/mol. The molecule has 0 aromatic carbocycles. The van der Waals surface area contributed by atoms with Gasteiger partial charge in [0.2, 0.25) is 5.91 Å². The van der Waals surface area contributed by atoms with E-state index in [-0.39, 0.29) is 17.9 Å². The van der Waals surface area contributed by atoms with Gasteiger partial charge in [0.15, 0.2) is 0 Å². The molecule has 0 fully saturated rings. The fourth-order valence-corrected chi connectivity index (χ4v) is 1.87. The number of alkyl halides is 1. The second-order valence-electron chi connectivity index (χ2n) is 5.46. The highest BCUT2D eigenvalue weighted by atomic mass is 19.1. The minimum absolute atomic E-state index is 0.0200. The molecule has 0 saturated heterocycles. The predicted octanol–water partition coefficient (Wildman–Crippen LogP) is 3.00. The lowest BCUT2D eigenvalue weighted by Gasteiger charge is -2.25. The van der Waals surface area contributed by atoms with Crippen LogP contribution in [-0.2, 0) is 4.79 Å². The highest BCUT2D eigenvalue weighted by Gasteiger charge is 2.15. The molecule has 19 heavy (non-hydrogen) atoms. The van der Waals surface area contributed by atoms with Crippen molar-refractivity contribution in [1.29, 1.82) is 0 Å². The van der Waals surface area contributed by atoms with Crippen LogP contribution in [0.4, 0.5) is 4.39 Å². The molecule has 0 bridgehead atoms. The number of nitrogens with zero attached hydrogens (tertiary/aromatic N) is 1. The first-order valence-electron chi connectivity index (χ1n) is 7.61. The standard InChI is InChI=1S/C15H31FN2O/c1-6-13(16)11-18(8-3)10-9-14(7-2)17-15(19)12(4)5/h12-14H,6-11H2,1-5H3,(H,17,19)/t13-,14?/m1/s1. The summed E-state index contributed by atoms with van der Waals surface area (Å²) >= 11 is 0. The zero-order valence-corrected chi connectivity index (χ0v) is 13.2. The molecule has 4 heteroatoms. The maximum absolute atomic E-state index is 13.4. The van der Waals surface area contributed by atoms with Gasteiger partial charge in [0.05, 0.1) is 0 Å². The summed E-state index contributed by atoms with van der Waals surface area (Å²) in [6.45, 7) is 12.0. The molecule has 0 aromatic rings. The molecule has 3 nitrogen and oxygen atoms in total. The van der Waals surface area contributed by atoms with Crippen LogP contribution in [-0.4, -0.2) is 42.7 Å². The summed E-state index contributed by atoms with van der Waals surface area (Å²) in [6, 6.07) is 0.198. The number of hydrogen-bond donors (Lipinski definition) is 1. The van der Waals surface area contributed by atoms with Crippen LogP contribution in [0.3, 0.4) is 0 Å². The second kappa shape index (κ2) is 10.2. The molecular formula is C15H31FN2O. The van der Waals surface area contributed by atoms with Gasteiger partial charge in [-0.1, -0.05) is 34.6 Å².